The average molecular weight is 307 g/mol. The van der Waals surface area contributed by atoms with Gasteiger partial charge in [0.1, 0.15) is 11.5 Å². The van der Waals surface area contributed by atoms with Gasteiger partial charge in [0.25, 0.3) is 0 Å². The van der Waals surface area contributed by atoms with Crippen molar-refractivity contribution in [3.63, 3.8) is 0 Å². The molecule has 3 nitrogen and oxygen atoms in total. The molecule has 0 fully saturated rings. The van der Waals surface area contributed by atoms with Crippen molar-refractivity contribution >= 4 is 11.8 Å². The molecule has 3 heteroatoms. The van der Waals surface area contributed by atoms with Crippen LogP contribution in [0.15, 0.2) is 48.5 Å². The van der Waals surface area contributed by atoms with E-state index in [2.05, 4.69) is 50.1 Å². The lowest BCUT2D eigenvalue weighted by atomic mass is 9.76. The Morgan fingerprint density at radius 1 is 1.04 bits per heavy atom. The van der Waals surface area contributed by atoms with E-state index in [1.54, 1.807) is 7.11 Å². The van der Waals surface area contributed by atoms with E-state index in [0.717, 1.165) is 22.7 Å². The van der Waals surface area contributed by atoms with Crippen molar-refractivity contribution in [2.45, 2.75) is 25.0 Å². The largest absolute Gasteiger partial charge is 0.495 e. The summed E-state index contributed by atoms with van der Waals surface area (Å²) in [6.07, 6.45) is 4.34. The van der Waals surface area contributed by atoms with Gasteiger partial charge in [-0.1, -0.05) is 30.3 Å². The summed E-state index contributed by atoms with van der Waals surface area (Å²) in [4.78, 5) is 2.20. The molecule has 1 unspecified atom stereocenters. The molecular weight excluding hydrogens is 286 g/mol. The predicted octanol–water partition coefficient (Wildman–Crippen LogP) is 4.22. The summed E-state index contributed by atoms with van der Waals surface area (Å²) in [6.45, 7) is 4.46. The van der Waals surface area contributed by atoms with Crippen LogP contribution in [0.25, 0.3) is 6.08 Å². The highest BCUT2D eigenvalue weighted by molar-refractivity contribution is 5.76. The summed E-state index contributed by atoms with van der Waals surface area (Å²) in [7, 11) is 3.79. The second-order valence-electron chi connectivity index (χ2n) is 6.71. The summed E-state index contributed by atoms with van der Waals surface area (Å²) in [5.41, 5.74) is 2.69. The van der Waals surface area contributed by atoms with E-state index in [0.29, 0.717) is 0 Å². The number of anilines is 1. The number of methoxy groups -OCH3 is 1. The summed E-state index contributed by atoms with van der Waals surface area (Å²) >= 11 is 0. The smallest absolute Gasteiger partial charge is 0.211 e. The fourth-order valence-corrected chi connectivity index (χ4v) is 3.95. The first-order chi connectivity index (χ1) is 11.0. The van der Waals surface area contributed by atoms with Crippen LogP contribution in [0, 0.1) is 0 Å². The van der Waals surface area contributed by atoms with Crippen molar-refractivity contribution in [3.8, 4) is 11.5 Å². The maximum Gasteiger partial charge on any atom is 0.211 e. The molecule has 0 bridgehead atoms. The van der Waals surface area contributed by atoms with Crippen LogP contribution < -0.4 is 14.4 Å². The molecule has 2 heterocycles. The van der Waals surface area contributed by atoms with Gasteiger partial charge in [0, 0.05) is 12.6 Å². The number of benzene rings is 2. The molecule has 0 N–H and O–H groups in total. The van der Waals surface area contributed by atoms with Gasteiger partial charge in [0.15, 0.2) is 0 Å². The summed E-state index contributed by atoms with van der Waals surface area (Å²) in [5, 5.41) is 0. The van der Waals surface area contributed by atoms with E-state index in [9.17, 15) is 0 Å². The molecule has 0 radical (unpaired) electrons. The van der Waals surface area contributed by atoms with Crippen molar-refractivity contribution < 1.29 is 9.47 Å². The SMILES string of the molecule is COc1cccc2c1N(C)C1(C=Cc3ccccc3O1)C2(C)C. The Kier molecular flexibility index (Phi) is 2.80. The molecule has 0 aliphatic carbocycles. The lowest BCUT2D eigenvalue weighted by Crippen LogP contribution is -2.58. The number of hydrogen-bond acceptors (Lipinski definition) is 3. The summed E-state index contributed by atoms with van der Waals surface area (Å²) in [5.74, 6) is 1.80. The van der Waals surface area contributed by atoms with Crippen molar-refractivity contribution in [3.05, 3.63) is 59.7 Å². The predicted molar refractivity (Wildman–Crippen MR) is 93.3 cm³/mol. The number of nitrogens with zero attached hydrogens (tertiary/aromatic N) is 1. The van der Waals surface area contributed by atoms with E-state index in [1.807, 2.05) is 30.3 Å². The van der Waals surface area contributed by atoms with Gasteiger partial charge in [-0.05, 0) is 43.7 Å². The van der Waals surface area contributed by atoms with Gasteiger partial charge >= 0.3 is 0 Å². The monoisotopic (exact) mass is 307 g/mol. The van der Waals surface area contributed by atoms with Crippen LogP contribution in [0.2, 0.25) is 0 Å². The quantitative estimate of drug-likeness (QED) is 0.787. The normalized spacial score (nSPS) is 23.4. The van der Waals surface area contributed by atoms with Gasteiger partial charge in [0.2, 0.25) is 5.72 Å². The fourth-order valence-electron chi connectivity index (χ4n) is 3.95. The molecule has 2 aromatic carbocycles. The van der Waals surface area contributed by atoms with Crippen LogP contribution in [-0.4, -0.2) is 19.9 Å². The number of para-hydroxylation sites is 2. The van der Waals surface area contributed by atoms with E-state index in [1.165, 1.54) is 5.56 Å². The van der Waals surface area contributed by atoms with E-state index >= 15 is 0 Å². The molecule has 1 spiro atoms. The molecule has 2 aromatic rings. The highest BCUT2D eigenvalue weighted by Gasteiger charge is 2.58. The standard InChI is InChI=1S/C20H21NO2/c1-19(2)15-9-7-11-17(22-4)18(15)21(3)20(19)13-12-14-8-5-6-10-16(14)23-20/h5-13H,1-4H3. The average Bonchev–Trinajstić information content (AvgIpc) is 2.74. The Bertz CT molecular complexity index is 809. The molecule has 118 valence electrons. The second-order valence-corrected chi connectivity index (χ2v) is 6.71. The van der Waals surface area contributed by atoms with Gasteiger partial charge in [-0.15, -0.1) is 0 Å². The second kappa shape index (κ2) is 4.54. The van der Waals surface area contributed by atoms with Gasteiger partial charge in [-0.3, -0.25) is 0 Å². The summed E-state index contributed by atoms with van der Waals surface area (Å²) in [6, 6.07) is 14.4. The Balaban J connectivity index is 1.93. The molecule has 2 aliphatic rings. The van der Waals surface area contributed by atoms with Crippen LogP contribution in [0.3, 0.4) is 0 Å². The number of hydrogen-bond donors (Lipinski definition) is 0. The van der Waals surface area contributed by atoms with Crippen molar-refractivity contribution in [1.29, 1.82) is 0 Å². The van der Waals surface area contributed by atoms with Crippen LogP contribution in [-0.2, 0) is 5.41 Å². The van der Waals surface area contributed by atoms with E-state index < -0.39 is 5.72 Å². The highest BCUT2D eigenvalue weighted by atomic mass is 16.5. The molecule has 2 aliphatic heterocycles. The number of likely N-dealkylation sites (N-methyl/N-ethyl adjacent to an activating group) is 1. The molecule has 1 atom stereocenters. The minimum atomic E-state index is -0.557. The Morgan fingerprint density at radius 2 is 1.83 bits per heavy atom. The van der Waals surface area contributed by atoms with Crippen molar-refractivity contribution in [2.75, 3.05) is 19.1 Å². The number of rotatable bonds is 1. The zero-order valence-electron chi connectivity index (χ0n) is 14.0. The Morgan fingerprint density at radius 3 is 2.61 bits per heavy atom. The lowest BCUT2D eigenvalue weighted by Gasteiger charge is -2.45. The third-order valence-electron chi connectivity index (χ3n) is 5.29. The van der Waals surface area contributed by atoms with Crippen LogP contribution in [0.1, 0.15) is 25.0 Å². The maximum absolute atomic E-state index is 6.57. The molecule has 0 amide bonds. The topological polar surface area (TPSA) is 21.7 Å². The Labute approximate surface area is 137 Å². The Hall–Kier alpha value is -2.42. The van der Waals surface area contributed by atoms with E-state index in [4.69, 9.17) is 9.47 Å². The molecule has 23 heavy (non-hydrogen) atoms. The van der Waals surface area contributed by atoms with Crippen molar-refractivity contribution in [2.24, 2.45) is 0 Å². The van der Waals surface area contributed by atoms with Gasteiger partial charge in [-0.25, -0.2) is 0 Å². The maximum atomic E-state index is 6.57. The lowest BCUT2D eigenvalue weighted by molar-refractivity contribution is 0.0580. The van der Waals surface area contributed by atoms with Crippen LogP contribution >= 0.6 is 0 Å². The molecule has 4 rings (SSSR count). The fraction of sp³-hybridized carbons (Fsp3) is 0.300. The number of ether oxygens (including phenoxy) is 2. The molecule has 0 aromatic heterocycles. The van der Waals surface area contributed by atoms with Gasteiger partial charge in [0.05, 0.1) is 18.2 Å². The third kappa shape index (κ3) is 1.65. The zero-order valence-corrected chi connectivity index (χ0v) is 14.0. The minimum Gasteiger partial charge on any atom is -0.495 e. The zero-order chi connectivity index (χ0) is 16.2. The van der Waals surface area contributed by atoms with Crippen LogP contribution in [0.5, 0.6) is 11.5 Å². The first-order valence-electron chi connectivity index (χ1n) is 7.90. The highest BCUT2D eigenvalue weighted by Crippen LogP contribution is 2.56. The summed E-state index contributed by atoms with van der Waals surface area (Å²) < 4.78 is 12.2. The first-order valence-corrected chi connectivity index (χ1v) is 7.90. The van der Waals surface area contributed by atoms with E-state index in [-0.39, 0.29) is 5.41 Å². The molecular formula is C20H21NO2. The third-order valence-corrected chi connectivity index (χ3v) is 5.29. The minimum absolute atomic E-state index is 0.213. The van der Waals surface area contributed by atoms with Crippen LogP contribution in [0.4, 0.5) is 5.69 Å². The van der Waals surface area contributed by atoms with Gasteiger partial charge in [-0.2, -0.15) is 0 Å². The molecule has 0 saturated heterocycles. The molecule has 0 saturated carbocycles. The first kappa shape index (κ1) is 14.2. The number of fused-ring (bicyclic) bond motifs is 2. The van der Waals surface area contributed by atoms with Gasteiger partial charge < -0.3 is 14.4 Å². The van der Waals surface area contributed by atoms with Crippen molar-refractivity contribution in [1.82, 2.24) is 0 Å².